The Morgan fingerprint density at radius 1 is 1.16 bits per heavy atom. The zero-order chi connectivity index (χ0) is 18.3. The Kier molecular flexibility index (Phi) is 6.46. The van der Waals surface area contributed by atoms with Crippen LogP contribution in [-0.4, -0.2) is 39.3 Å². The van der Waals surface area contributed by atoms with Crippen LogP contribution in [0.2, 0.25) is 0 Å². The van der Waals surface area contributed by atoms with E-state index in [1.54, 1.807) is 6.08 Å². The van der Waals surface area contributed by atoms with Crippen LogP contribution < -0.4 is 4.72 Å². The van der Waals surface area contributed by atoms with Crippen LogP contribution in [0.25, 0.3) is 6.08 Å². The monoisotopic (exact) mass is 361 g/mol. The summed E-state index contributed by atoms with van der Waals surface area (Å²) in [6, 6.07) is 14.7. The molecule has 1 unspecified atom stereocenters. The highest BCUT2D eigenvalue weighted by Gasteiger charge is 2.16. The molecule has 6 nitrogen and oxygen atoms in total. The maximum atomic E-state index is 12.2. The number of rotatable bonds is 7. The molecule has 0 heterocycles. The van der Waals surface area contributed by atoms with Crippen LogP contribution in [-0.2, 0) is 14.8 Å². The minimum atomic E-state index is -3.78. The molecule has 0 aliphatic heterocycles. The van der Waals surface area contributed by atoms with E-state index < -0.39 is 22.1 Å². The highest BCUT2D eigenvalue weighted by Crippen LogP contribution is 2.11. The zero-order valence-electron chi connectivity index (χ0n) is 13.6. The van der Waals surface area contributed by atoms with Crippen molar-refractivity contribution in [2.45, 2.75) is 11.0 Å². The van der Waals surface area contributed by atoms with Crippen molar-refractivity contribution in [1.29, 1.82) is 0 Å². The number of carbonyl (C=O) groups is 1. The topological polar surface area (TPSA) is 92.7 Å². The van der Waals surface area contributed by atoms with Crippen LogP contribution in [0, 0.1) is 0 Å². The highest BCUT2D eigenvalue weighted by molar-refractivity contribution is 7.89. The smallest absolute Gasteiger partial charge is 0.337 e. The first-order chi connectivity index (χ1) is 11.9. The second-order valence-corrected chi connectivity index (χ2v) is 6.97. The van der Waals surface area contributed by atoms with Crippen LogP contribution in [0.1, 0.15) is 15.9 Å². The van der Waals surface area contributed by atoms with E-state index in [1.807, 2.05) is 30.3 Å². The number of aliphatic hydroxyl groups excluding tert-OH is 1. The van der Waals surface area contributed by atoms with Gasteiger partial charge in [-0.15, -0.1) is 0 Å². The van der Waals surface area contributed by atoms with Gasteiger partial charge in [0.1, 0.15) is 0 Å². The van der Waals surface area contributed by atoms with Gasteiger partial charge in [0.15, 0.2) is 0 Å². The summed E-state index contributed by atoms with van der Waals surface area (Å²) >= 11 is 0. The Labute approximate surface area is 146 Å². The van der Waals surface area contributed by atoms with Crippen LogP contribution in [0.3, 0.4) is 0 Å². The molecule has 0 fully saturated rings. The summed E-state index contributed by atoms with van der Waals surface area (Å²) in [6.07, 6.45) is 2.26. The Bertz CT molecular complexity index is 830. The number of nitrogens with one attached hydrogen (secondary N) is 1. The van der Waals surface area contributed by atoms with E-state index >= 15 is 0 Å². The van der Waals surface area contributed by atoms with E-state index in [0.717, 1.165) is 5.56 Å². The largest absolute Gasteiger partial charge is 0.465 e. The lowest BCUT2D eigenvalue weighted by Gasteiger charge is -2.09. The lowest BCUT2D eigenvalue weighted by Crippen LogP contribution is -2.31. The van der Waals surface area contributed by atoms with Crippen LogP contribution in [0.4, 0.5) is 0 Å². The van der Waals surface area contributed by atoms with Crippen LogP contribution in [0.15, 0.2) is 65.6 Å². The molecule has 2 N–H and O–H groups in total. The van der Waals surface area contributed by atoms with Crippen molar-refractivity contribution in [2.75, 3.05) is 13.7 Å². The van der Waals surface area contributed by atoms with Crippen LogP contribution >= 0.6 is 0 Å². The number of aliphatic hydroxyl groups is 1. The van der Waals surface area contributed by atoms with Crippen molar-refractivity contribution in [3.05, 3.63) is 71.8 Å². The van der Waals surface area contributed by atoms with Gasteiger partial charge >= 0.3 is 5.97 Å². The first-order valence-electron chi connectivity index (χ1n) is 7.52. The van der Waals surface area contributed by atoms with Crippen molar-refractivity contribution < 1.29 is 23.1 Å². The molecule has 0 amide bonds. The summed E-state index contributed by atoms with van der Waals surface area (Å²) < 4.78 is 31.3. The van der Waals surface area contributed by atoms with Gasteiger partial charge in [0.2, 0.25) is 10.0 Å². The Morgan fingerprint density at radius 2 is 1.80 bits per heavy atom. The third-order valence-corrected chi connectivity index (χ3v) is 4.82. The van der Waals surface area contributed by atoms with Gasteiger partial charge in [0, 0.05) is 6.54 Å². The van der Waals surface area contributed by atoms with Gasteiger partial charge < -0.3 is 9.84 Å². The maximum absolute atomic E-state index is 12.2. The SMILES string of the molecule is COC(=O)c1ccc(S(=O)(=O)NCC(O)/C=C/c2ccccc2)cc1. The predicted molar refractivity (Wildman–Crippen MR) is 94.5 cm³/mol. The average Bonchev–Trinajstić information content (AvgIpc) is 2.65. The predicted octanol–water partition coefficient (Wildman–Crippen LogP) is 1.83. The Hall–Kier alpha value is -2.48. The molecule has 0 spiro atoms. The number of sulfonamides is 1. The first-order valence-corrected chi connectivity index (χ1v) is 9.00. The fraction of sp³-hybridized carbons (Fsp3) is 0.167. The fourth-order valence-electron chi connectivity index (χ4n) is 2.02. The summed E-state index contributed by atoms with van der Waals surface area (Å²) in [5.41, 5.74) is 1.16. The van der Waals surface area contributed by atoms with Gasteiger partial charge in [-0.2, -0.15) is 0 Å². The molecular formula is C18H19NO5S. The number of hydrogen-bond donors (Lipinski definition) is 2. The van der Waals surface area contributed by atoms with Crippen molar-refractivity contribution in [2.24, 2.45) is 0 Å². The molecule has 0 saturated carbocycles. The third kappa shape index (κ3) is 5.53. The summed E-state index contributed by atoms with van der Waals surface area (Å²) in [5, 5.41) is 9.89. The Balaban J connectivity index is 1.96. The number of ether oxygens (including phenoxy) is 1. The van der Waals surface area contributed by atoms with Gasteiger partial charge in [-0.25, -0.2) is 17.9 Å². The number of esters is 1. The quantitative estimate of drug-likeness (QED) is 0.734. The minimum absolute atomic E-state index is 0.000563. The third-order valence-electron chi connectivity index (χ3n) is 3.38. The van der Waals surface area contributed by atoms with Gasteiger partial charge in [0.25, 0.3) is 0 Å². The molecule has 2 aromatic carbocycles. The lowest BCUT2D eigenvalue weighted by atomic mass is 10.2. The zero-order valence-corrected chi connectivity index (χ0v) is 14.4. The molecule has 0 aliphatic carbocycles. The van der Waals surface area contributed by atoms with Gasteiger partial charge in [0.05, 0.1) is 23.7 Å². The normalized spacial score (nSPS) is 12.9. The van der Waals surface area contributed by atoms with Crippen molar-refractivity contribution in [3.8, 4) is 0 Å². The summed E-state index contributed by atoms with van der Waals surface area (Å²) in [4.78, 5) is 11.3. The second kappa shape index (κ2) is 8.57. The maximum Gasteiger partial charge on any atom is 0.337 e. The Morgan fingerprint density at radius 3 is 2.40 bits per heavy atom. The van der Waals surface area contributed by atoms with E-state index in [9.17, 15) is 18.3 Å². The fourth-order valence-corrected chi connectivity index (χ4v) is 3.07. The summed E-state index contributed by atoms with van der Waals surface area (Å²) in [6.45, 7) is -0.162. The number of benzene rings is 2. The molecule has 2 aromatic rings. The van der Waals surface area contributed by atoms with Gasteiger partial charge in [-0.3, -0.25) is 0 Å². The minimum Gasteiger partial charge on any atom is -0.465 e. The highest BCUT2D eigenvalue weighted by atomic mass is 32.2. The van der Waals surface area contributed by atoms with Gasteiger partial charge in [-0.1, -0.05) is 42.5 Å². The molecule has 2 rings (SSSR count). The first kappa shape index (κ1) is 18.9. The van der Waals surface area contributed by atoms with Gasteiger partial charge in [-0.05, 0) is 29.8 Å². The van der Waals surface area contributed by atoms with E-state index in [0.29, 0.717) is 0 Å². The van der Waals surface area contributed by atoms with E-state index in [4.69, 9.17) is 0 Å². The van der Waals surface area contributed by atoms with E-state index in [-0.39, 0.29) is 17.0 Å². The van der Waals surface area contributed by atoms with E-state index in [1.165, 1.54) is 37.5 Å². The number of methoxy groups -OCH3 is 1. The summed E-state index contributed by atoms with van der Waals surface area (Å²) in [7, 11) is -2.53. The molecule has 25 heavy (non-hydrogen) atoms. The second-order valence-electron chi connectivity index (χ2n) is 5.21. The van der Waals surface area contributed by atoms with Crippen LogP contribution in [0.5, 0.6) is 0 Å². The van der Waals surface area contributed by atoms with Crippen molar-refractivity contribution in [3.63, 3.8) is 0 Å². The van der Waals surface area contributed by atoms with E-state index in [2.05, 4.69) is 9.46 Å². The molecule has 0 aliphatic rings. The van der Waals surface area contributed by atoms with Crippen molar-refractivity contribution in [1.82, 2.24) is 4.72 Å². The molecule has 7 heteroatoms. The summed E-state index contributed by atoms with van der Waals surface area (Å²) in [5.74, 6) is -0.543. The average molecular weight is 361 g/mol. The van der Waals surface area contributed by atoms with Crippen molar-refractivity contribution >= 4 is 22.1 Å². The molecule has 0 saturated heterocycles. The standard InChI is InChI=1S/C18H19NO5S/c1-24-18(21)15-8-11-17(12-9-15)25(22,23)19-13-16(20)10-7-14-5-3-2-4-6-14/h2-12,16,19-20H,13H2,1H3/b10-7+. The molecular weight excluding hydrogens is 342 g/mol. The molecule has 0 aromatic heterocycles. The number of carbonyl (C=O) groups excluding carboxylic acids is 1. The molecule has 0 bridgehead atoms. The molecule has 0 radical (unpaired) electrons. The molecule has 132 valence electrons. The lowest BCUT2D eigenvalue weighted by molar-refractivity contribution is 0.0600. The number of hydrogen-bond acceptors (Lipinski definition) is 5. The molecule has 1 atom stereocenters.